The van der Waals surface area contributed by atoms with Gasteiger partial charge in [-0.3, -0.25) is 4.79 Å². The van der Waals surface area contributed by atoms with Crippen molar-refractivity contribution in [2.45, 2.75) is 22.6 Å². The molecule has 0 unspecified atom stereocenters. The predicted molar refractivity (Wildman–Crippen MR) is 72.8 cm³/mol. The van der Waals surface area contributed by atoms with Crippen molar-refractivity contribution < 1.29 is 4.79 Å². The van der Waals surface area contributed by atoms with Gasteiger partial charge in [0, 0.05) is 17.0 Å². The van der Waals surface area contributed by atoms with E-state index in [-0.39, 0.29) is 0 Å². The number of aromatic nitrogens is 2. The minimum Gasteiger partial charge on any atom is -0.399 e. The van der Waals surface area contributed by atoms with Crippen molar-refractivity contribution in [3.63, 3.8) is 0 Å². The topological polar surface area (TPSA) is 94.9 Å². The number of carbonyl (C=O) groups excluding carboxylic acids is 1. The summed E-state index contributed by atoms with van der Waals surface area (Å²) in [6.45, 7) is 1.99. The van der Waals surface area contributed by atoms with Gasteiger partial charge >= 0.3 is 0 Å². The van der Waals surface area contributed by atoms with Gasteiger partial charge in [0.25, 0.3) is 0 Å². The average Bonchev–Trinajstić information content (AvgIpc) is 2.76. The minimum absolute atomic E-state index is 0.447. The monoisotopic (exact) mass is 280 g/mol. The molecule has 4 N–H and O–H groups in total. The molecule has 2 rings (SSSR count). The fraction of sp³-hybridized carbons (Fsp3) is 0.182. The number of carbonyl (C=O) groups is 1. The Hall–Kier alpha value is -1.60. The first kappa shape index (κ1) is 12.8. The fourth-order valence-corrected chi connectivity index (χ4v) is 3.19. The molecule has 1 heterocycles. The van der Waals surface area contributed by atoms with E-state index in [1.807, 2.05) is 6.92 Å². The first-order valence-electron chi connectivity index (χ1n) is 5.30. The molecule has 0 aliphatic heterocycles. The van der Waals surface area contributed by atoms with Crippen LogP contribution >= 0.6 is 23.3 Å². The highest BCUT2D eigenvalue weighted by Crippen LogP contribution is 2.32. The maximum absolute atomic E-state index is 11.3. The Morgan fingerprint density at radius 1 is 1.50 bits per heavy atom. The summed E-state index contributed by atoms with van der Waals surface area (Å²) in [7, 11) is 0. The van der Waals surface area contributed by atoms with E-state index in [0.29, 0.717) is 16.1 Å². The molecule has 94 valence electrons. The van der Waals surface area contributed by atoms with Crippen molar-refractivity contribution in [3.05, 3.63) is 29.6 Å². The summed E-state index contributed by atoms with van der Waals surface area (Å²) >= 11 is 2.66. The first-order chi connectivity index (χ1) is 8.60. The summed E-state index contributed by atoms with van der Waals surface area (Å²) in [6, 6.07) is 5.00. The summed E-state index contributed by atoms with van der Waals surface area (Å²) in [5.74, 6) is 0.324. The molecule has 18 heavy (non-hydrogen) atoms. The molecule has 1 amide bonds. The van der Waals surface area contributed by atoms with E-state index in [9.17, 15) is 4.79 Å². The quantitative estimate of drug-likeness (QED) is 0.834. The Labute approximate surface area is 113 Å². The molecule has 5 nitrogen and oxygen atoms in total. The average molecular weight is 280 g/mol. The molecule has 0 aliphatic carbocycles. The molecule has 0 atom stereocenters. The number of rotatable bonds is 4. The molecule has 0 aliphatic rings. The van der Waals surface area contributed by atoms with Crippen LogP contribution in [0.3, 0.4) is 0 Å². The lowest BCUT2D eigenvalue weighted by Gasteiger charge is -2.05. The number of hydrogen-bond donors (Lipinski definition) is 2. The van der Waals surface area contributed by atoms with Gasteiger partial charge in [0.1, 0.15) is 5.82 Å². The number of hydrogen-bond acceptors (Lipinski definition) is 6. The zero-order valence-corrected chi connectivity index (χ0v) is 11.3. The first-order valence-corrected chi connectivity index (χ1v) is 6.89. The van der Waals surface area contributed by atoms with Crippen molar-refractivity contribution >= 4 is 34.9 Å². The lowest BCUT2D eigenvalue weighted by atomic mass is 10.2. The molecule has 1 aromatic carbocycles. The Morgan fingerprint density at radius 2 is 2.28 bits per heavy atom. The van der Waals surface area contributed by atoms with Crippen LogP contribution in [0.2, 0.25) is 0 Å². The van der Waals surface area contributed by atoms with Crippen LogP contribution in [0.5, 0.6) is 0 Å². The smallest absolute Gasteiger partial charge is 0.249 e. The Bertz CT molecular complexity index is 582. The third-order valence-corrected chi connectivity index (χ3v) is 4.08. The van der Waals surface area contributed by atoms with Crippen molar-refractivity contribution in [2.75, 3.05) is 5.73 Å². The molecule has 0 saturated carbocycles. The Balaban J connectivity index is 2.32. The standard InChI is InChI=1S/C11H12N4OS2/c1-2-9-14-11(18-15-9)17-8-5-6(12)3-4-7(8)10(13)16/h3-5H,2,12H2,1H3,(H2,13,16). The van der Waals surface area contributed by atoms with Crippen LogP contribution in [-0.4, -0.2) is 15.3 Å². The molecule has 0 fully saturated rings. The zero-order valence-electron chi connectivity index (χ0n) is 9.71. The van der Waals surface area contributed by atoms with Crippen molar-refractivity contribution in [3.8, 4) is 0 Å². The van der Waals surface area contributed by atoms with E-state index in [4.69, 9.17) is 11.5 Å². The molecular weight excluding hydrogens is 268 g/mol. The number of amides is 1. The highest BCUT2D eigenvalue weighted by atomic mass is 32.2. The molecule has 0 saturated heterocycles. The fourth-order valence-electron chi connectivity index (χ4n) is 1.34. The summed E-state index contributed by atoms with van der Waals surface area (Å²) in [5, 5.41) is 0. The summed E-state index contributed by atoms with van der Waals surface area (Å²) < 4.78 is 4.97. The number of primary amides is 1. The van der Waals surface area contributed by atoms with E-state index in [1.165, 1.54) is 23.3 Å². The van der Waals surface area contributed by atoms with E-state index in [2.05, 4.69) is 9.36 Å². The van der Waals surface area contributed by atoms with Gasteiger partial charge in [-0.05, 0) is 29.7 Å². The Kier molecular flexibility index (Phi) is 3.83. The van der Waals surface area contributed by atoms with E-state index < -0.39 is 5.91 Å². The number of nitrogens with two attached hydrogens (primary N) is 2. The second-order valence-corrected chi connectivity index (χ2v) is 5.59. The van der Waals surface area contributed by atoms with Gasteiger partial charge in [-0.25, -0.2) is 4.98 Å². The molecule has 7 heteroatoms. The van der Waals surface area contributed by atoms with Crippen LogP contribution in [0, 0.1) is 0 Å². The lowest BCUT2D eigenvalue weighted by molar-refractivity contribution is 0.0997. The molecule has 0 spiro atoms. The van der Waals surface area contributed by atoms with Crippen molar-refractivity contribution in [1.82, 2.24) is 9.36 Å². The van der Waals surface area contributed by atoms with Crippen LogP contribution in [-0.2, 0) is 6.42 Å². The number of anilines is 1. The highest BCUT2D eigenvalue weighted by Gasteiger charge is 2.12. The number of benzene rings is 1. The maximum atomic E-state index is 11.3. The summed E-state index contributed by atoms with van der Waals surface area (Å²) in [4.78, 5) is 16.4. The van der Waals surface area contributed by atoms with Crippen LogP contribution in [0.1, 0.15) is 23.1 Å². The number of nitrogen functional groups attached to an aromatic ring is 1. The van der Waals surface area contributed by atoms with E-state index in [1.54, 1.807) is 18.2 Å². The second kappa shape index (κ2) is 5.36. The second-order valence-electron chi connectivity index (χ2n) is 3.55. The van der Waals surface area contributed by atoms with E-state index in [0.717, 1.165) is 16.6 Å². The minimum atomic E-state index is -0.474. The summed E-state index contributed by atoms with van der Waals surface area (Å²) in [6.07, 6.45) is 0.788. The zero-order chi connectivity index (χ0) is 13.1. The van der Waals surface area contributed by atoms with Gasteiger partial charge in [-0.15, -0.1) is 0 Å². The normalized spacial score (nSPS) is 10.5. The van der Waals surface area contributed by atoms with Crippen LogP contribution in [0.4, 0.5) is 5.69 Å². The largest absolute Gasteiger partial charge is 0.399 e. The maximum Gasteiger partial charge on any atom is 0.249 e. The Morgan fingerprint density at radius 3 is 2.89 bits per heavy atom. The molecule has 0 bridgehead atoms. The van der Waals surface area contributed by atoms with Gasteiger partial charge in [0.05, 0.1) is 5.56 Å². The van der Waals surface area contributed by atoms with Crippen molar-refractivity contribution in [2.24, 2.45) is 5.73 Å². The van der Waals surface area contributed by atoms with E-state index >= 15 is 0 Å². The highest BCUT2D eigenvalue weighted by molar-refractivity contribution is 8.01. The molecule has 2 aromatic rings. The van der Waals surface area contributed by atoms with Gasteiger partial charge in [0.2, 0.25) is 5.91 Å². The predicted octanol–water partition coefficient (Wildman–Crippen LogP) is 1.93. The van der Waals surface area contributed by atoms with Gasteiger partial charge in [0.15, 0.2) is 4.34 Å². The van der Waals surface area contributed by atoms with Gasteiger partial charge in [-0.2, -0.15) is 4.37 Å². The molecule has 0 radical (unpaired) electrons. The van der Waals surface area contributed by atoms with Crippen LogP contribution in [0.25, 0.3) is 0 Å². The third kappa shape index (κ3) is 2.80. The number of aryl methyl sites for hydroxylation is 1. The summed E-state index contributed by atoms with van der Waals surface area (Å²) in [5.41, 5.74) is 12.1. The molecular formula is C11H12N4OS2. The lowest BCUT2D eigenvalue weighted by Crippen LogP contribution is -2.12. The van der Waals surface area contributed by atoms with Crippen LogP contribution in [0.15, 0.2) is 27.4 Å². The SMILES string of the molecule is CCc1nsc(Sc2cc(N)ccc2C(N)=O)n1. The molecule has 1 aromatic heterocycles. The van der Waals surface area contributed by atoms with Gasteiger partial charge in [-0.1, -0.05) is 18.7 Å². The number of nitrogens with zero attached hydrogens (tertiary/aromatic N) is 2. The third-order valence-electron chi connectivity index (χ3n) is 2.23. The van der Waals surface area contributed by atoms with Crippen LogP contribution < -0.4 is 11.5 Å². The van der Waals surface area contributed by atoms with Crippen molar-refractivity contribution in [1.29, 1.82) is 0 Å². The van der Waals surface area contributed by atoms with Gasteiger partial charge < -0.3 is 11.5 Å².